The van der Waals surface area contributed by atoms with Gasteiger partial charge >= 0.3 is 12.1 Å². The molecule has 0 saturated heterocycles. The van der Waals surface area contributed by atoms with Crippen LogP contribution in [0, 0.1) is 11.3 Å². The van der Waals surface area contributed by atoms with E-state index in [1.54, 1.807) is 71.9 Å². The van der Waals surface area contributed by atoms with Gasteiger partial charge in [0.05, 0.1) is 12.5 Å². The number of primary amides is 1. The van der Waals surface area contributed by atoms with E-state index >= 15 is 0 Å². The standard InChI is InChI=1S/C32H41N5O8/c1-31(2,3)44-29(42)24(18-20-10-8-7-9-11-20)35-27(40)26(21-12-14-22(38)15-13-21)37(17-16-33)28(41)23(19-25(34)39)36-30(43)45-32(4,5)6/h7-15,23-24,26,38H,17-19H2,1-6H3,(H2,34,39)(H,35,40)(H,36,43). The monoisotopic (exact) mass is 623 g/mol. The number of carbonyl (C=O) groups excluding carboxylic acids is 5. The van der Waals surface area contributed by atoms with E-state index in [0.29, 0.717) is 5.56 Å². The highest BCUT2D eigenvalue weighted by atomic mass is 16.6. The minimum atomic E-state index is -1.61. The van der Waals surface area contributed by atoms with E-state index in [1.165, 1.54) is 24.3 Å². The van der Waals surface area contributed by atoms with Crippen molar-refractivity contribution >= 4 is 29.8 Å². The van der Waals surface area contributed by atoms with E-state index in [0.717, 1.165) is 4.90 Å². The number of nitrogens with one attached hydrogen (secondary N) is 2. The molecule has 0 spiro atoms. The molecule has 0 aliphatic carbocycles. The van der Waals surface area contributed by atoms with Gasteiger partial charge in [0.1, 0.15) is 41.6 Å². The highest BCUT2D eigenvalue weighted by molar-refractivity contribution is 5.95. The Kier molecular flexibility index (Phi) is 12.5. The summed E-state index contributed by atoms with van der Waals surface area (Å²) in [6.07, 6.45) is -1.66. The van der Waals surface area contributed by atoms with Crippen molar-refractivity contribution in [2.75, 3.05) is 6.54 Å². The van der Waals surface area contributed by atoms with Crippen LogP contribution in [0.3, 0.4) is 0 Å². The molecule has 3 atom stereocenters. The number of ether oxygens (including phenoxy) is 2. The van der Waals surface area contributed by atoms with Gasteiger partial charge in [0.2, 0.25) is 17.7 Å². The van der Waals surface area contributed by atoms with Crippen LogP contribution in [-0.4, -0.2) is 69.6 Å². The zero-order valence-corrected chi connectivity index (χ0v) is 26.3. The van der Waals surface area contributed by atoms with E-state index in [1.807, 2.05) is 6.07 Å². The number of rotatable bonds is 12. The average Bonchev–Trinajstić information content (AvgIpc) is 2.91. The van der Waals surface area contributed by atoms with Crippen molar-refractivity contribution in [2.45, 2.75) is 83.7 Å². The summed E-state index contributed by atoms with van der Waals surface area (Å²) in [4.78, 5) is 66.6. The molecule has 2 aromatic rings. The van der Waals surface area contributed by atoms with Crippen LogP contribution in [0.15, 0.2) is 54.6 Å². The molecule has 45 heavy (non-hydrogen) atoms. The number of hydrogen-bond donors (Lipinski definition) is 4. The highest BCUT2D eigenvalue weighted by Gasteiger charge is 2.39. The van der Waals surface area contributed by atoms with E-state index in [2.05, 4.69) is 10.6 Å². The topological polar surface area (TPSA) is 201 Å². The van der Waals surface area contributed by atoms with Crippen LogP contribution in [-0.2, 0) is 35.1 Å². The molecule has 0 fully saturated rings. The Bertz CT molecular complexity index is 1390. The molecule has 0 aromatic heterocycles. The lowest BCUT2D eigenvalue weighted by molar-refractivity contribution is -0.159. The van der Waals surface area contributed by atoms with Crippen LogP contribution in [0.4, 0.5) is 4.79 Å². The summed E-state index contributed by atoms with van der Waals surface area (Å²) >= 11 is 0. The molecule has 2 rings (SSSR count). The number of nitrogens with two attached hydrogens (primary N) is 1. The van der Waals surface area contributed by atoms with Crippen LogP contribution in [0.1, 0.15) is 65.1 Å². The number of hydrogen-bond acceptors (Lipinski definition) is 9. The zero-order chi connectivity index (χ0) is 33.9. The van der Waals surface area contributed by atoms with Gasteiger partial charge in [0.25, 0.3) is 0 Å². The van der Waals surface area contributed by atoms with Crippen molar-refractivity contribution in [1.29, 1.82) is 5.26 Å². The number of amides is 4. The van der Waals surface area contributed by atoms with Crippen molar-refractivity contribution in [3.05, 3.63) is 65.7 Å². The van der Waals surface area contributed by atoms with Gasteiger partial charge in [-0.1, -0.05) is 42.5 Å². The molecule has 2 aromatic carbocycles. The number of phenols is 1. The number of alkyl carbamates (subject to hydrolysis) is 1. The number of carbonyl (C=O) groups is 5. The van der Waals surface area contributed by atoms with Gasteiger partial charge in [-0.15, -0.1) is 0 Å². The van der Waals surface area contributed by atoms with Gasteiger partial charge < -0.3 is 35.8 Å². The van der Waals surface area contributed by atoms with Gasteiger partial charge in [-0.3, -0.25) is 14.4 Å². The van der Waals surface area contributed by atoms with Crippen molar-refractivity contribution in [3.63, 3.8) is 0 Å². The SMILES string of the molecule is CC(C)(C)OC(=O)NC(CC(N)=O)C(=O)N(CC#N)C(C(=O)NC(Cc1ccccc1)C(=O)OC(C)(C)C)c1ccc(O)cc1. The zero-order valence-electron chi connectivity index (χ0n) is 26.3. The highest BCUT2D eigenvalue weighted by Crippen LogP contribution is 2.25. The molecule has 0 aliphatic heterocycles. The molecule has 242 valence electrons. The summed E-state index contributed by atoms with van der Waals surface area (Å²) in [5.41, 5.74) is 4.41. The maximum absolute atomic E-state index is 14.1. The second-order valence-electron chi connectivity index (χ2n) is 12.3. The van der Waals surface area contributed by atoms with E-state index in [9.17, 15) is 34.3 Å². The second-order valence-corrected chi connectivity index (χ2v) is 12.3. The minimum Gasteiger partial charge on any atom is -0.508 e. The predicted octanol–water partition coefficient (Wildman–Crippen LogP) is 2.62. The van der Waals surface area contributed by atoms with Crippen LogP contribution < -0.4 is 16.4 Å². The number of nitrogens with zero attached hydrogens (tertiary/aromatic N) is 2. The van der Waals surface area contributed by atoms with Gasteiger partial charge in [-0.25, -0.2) is 9.59 Å². The number of nitriles is 1. The summed E-state index contributed by atoms with van der Waals surface area (Å²) in [6, 6.07) is 11.6. The van der Waals surface area contributed by atoms with Crippen LogP contribution >= 0.6 is 0 Å². The first-order valence-electron chi connectivity index (χ1n) is 14.2. The van der Waals surface area contributed by atoms with Gasteiger partial charge in [0.15, 0.2) is 0 Å². The largest absolute Gasteiger partial charge is 0.508 e. The van der Waals surface area contributed by atoms with Gasteiger partial charge in [-0.05, 0) is 64.8 Å². The molecule has 0 bridgehead atoms. The molecule has 4 amide bonds. The molecule has 13 heteroatoms. The fourth-order valence-electron chi connectivity index (χ4n) is 4.22. The Hall–Kier alpha value is -5.12. The molecule has 0 heterocycles. The third-order valence-corrected chi connectivity index (χ3v) is 5.98. The quantitative estimate of drug-likeness (QED) is 0.203. The summed E-state index contributed by atoms with van der Waals surface area (Å²) in [5, 5.41) is 24.6. The van der Waals surface area contributed by atoms with E-state index < -0.39 is 72.1 Å². The fourth-order valence-corrected chi connectivity index (χ4v) is 4.22. The first-order chi connectivity index (χ1) is 20.9. The Labute approximate surface area is 262 Å². The third kappa shape index (κ3) is 12.2. The minimum absolute atomic E-state index is 0.0422. The number of esters is 1. The second kappa shape index (κ2) is 15.6. The fraction of sp³-hybridized carbons (Fsp3) is 0.438. The third-order valence-electron chi connectivity index (χ3n) is 5.98. The first kappa shape index (κ1) is 36.1. The summed E-state index contributed by atoms with van der Waals surface area (Å²) < 4.78 is 10.8. The summed E-state index contributed by atoms with van der Waals surface area (Å²) in [6.45, 7) is 9.16. The van der Waals surface area contributed by atoms with Gasteiger partial charge in [0, 0.05) is 6.42 Å². The lowest BCUT2D eigenvalue weighted by atomic mass is 10.00. The Morgan fingerprint density at radius 2 is 1.47 bits per heavy atom. The van der Waals surface area contributed by atoms with Crippen LogP contribution in [0.5, 0.6) is 5.75 Å². The number of benzene rings is 2. The Morgan fingerprint density at radius 3 is 1.98 bits per heavy atom. The molecule has 3 unspecified atom stereocenters. The van der Waals surface area contributed by atoms with Gasteiger partial charge in [-0.2, -0.15) is 5.26 Å². The maximum atomic E-state index is 14.1. The van der Waals surface area contributed by atoms with Crippen molar-refractivity contribution < 1.29 is 38.6 Å². The Morgan fingerprint density at radius 1 is 0.889 bits per heavy atom. The average molecular weight is 624 g/mol. The molecule has 0 saturated carbocycles. The first-order valence-corrected chi connectivity index (χ1v) is 14.2. The molecular weight excluding hydrogens is 582 g/mol. The summed E-state index contributed by atoms with van der Waals surface area (Å²) in [7, 11) is 0. The molecule has 5 N–H and O–H groups in total. The van der Waals surface area contributed by atoms with E-state index in [-0.39, 0.29) is 17.7 Å². The lowest BCUT2D eigenvalue weighted by Gasteiger charge is -2.33. The predicted molar refractivity (Wildman–Crippen MR) is 163 cm³/mol. The molecular formula is C32H41N5O8. The van der Waals surface area contributed by atoms with Crippen LogP contribution in [0.2, 0.25) is 0 Å². The Balaban J connectivity index is 2.58. The van der Waals surface area contributed by atoms with Crippen molar-refractivity contribution in [1.82, 2.24) is 15.5 Å². The summed E-state index contributed by atoms with van der Waals surface area (Å²) in [5.74, 6) is -3.68. The van der Waals surface area contributed by atoms with Crippen LogP contribution in [0.25, 0.3) is 0 Å². The van der Waals surface area contributed by atoms with Crippen molar-refractivity contribution in [3.8, 4) is 11.8 Å². The molecule has 0 aliphatic rings. The smallest absolute Gasteiger partial charge is 0.408 e. The maximum Gasteiger partial charge on any atom is 0.408 e. The lowest BCUT2D eigenvalue weighted by Crippen LogP contribution is -2.55. The number of phenolic OH excluding ortho intramolecular Hbond substituents is 1. The van der Waals surface area contributed by atoms with E-state index in [4.69, 9.17) is 15.2 Å². The van der Waals surface area contributed by atoms with Crippen molar-refractivity contribution in [2.24, 2.45) is 5.73 Å². The number of aromatic hydroxyl groups is 1. The molecule has 0 radical (unpaired) electrons. The molecule has 13 nitrogen and oxygen atoms in total. The normalized spacial score (nSPS) is 13.3.